The Bertz CT molecular complexity index is 864. The maximum Gasteiger partial charge on any atom is 0.227 e. The highest BCUT2D eigenvalue weighted by atomic mass is 16.5. The van der Waals surface area contributed by atoms with Gasteiger partial charge in [0.2, 0.25) is 11.7 Å². The molecule has 8 nitrogen and oxygen atoms in total. The van der Waals surface area contributed by atoms with Gasteiger partial charge >= 0.3 is 0 Å². The zero-order valence-electron chi connectivity index (χ0n) is 15.2. The summed E-state index contributed by atoms with van der Waals surface area (Å²) in [4.78, 5) is 13.6. The molecular weight excluding hydrogens is 330 g/mol. The van der Waals surface area contributed by atoms with E-state index in [1.807, 2.05) is 37.6 Å². The second-order valence-corrected chi connectivity index (χ2v) is 6.68. The molecule has 1 fully saturated rings. The van der Waals surface area contributed by atoms with Crippen LogP contribution in [0.1, 0.15) is 11.6 Å². The van der Waals surface area contributed by atoms with Crippen LogP contribution in [0, 0.1) is 0 Å². The summed E-state index contributed by atoms with van der Waals surface area (Å²) in [5.41, 5.74) is 2.92. The van der Waals surface area contributed by atoms with Crippen molar-refractivity contribution in [3.8, 4) is 11.5 Å². The first-order chi connectivity index (χ1) is 12.7. The van der Waals surface area contributed by atoms with E-state index in [0.29, 0.717) is 18.1 Å². The Kier molecular flexibility index (Phi) is 4.66. The van der Waals surface area contributed by atoms with E-state index in [1.54, 1.807) is 4.68 Å². The number of aryl methyl sites for hydroxylation is 3. The molecule has 26 heavy (non-hydrogen) atoms. The highest BCUT2D eigenvalue weighted by Gasteiger charge is 2.16. The van der Waals surface area contributed by atoms with E-state index >= 15 is 0 Å². The standard InChI is InChI=1S/C18H23N7O/c1-23-9-11-25(12-10-23)15-5-7-19-16(13-15)18-20-17(26-22-18)4-3-14-6-8-24(2)21-14/h5-8,13H,3-4,9-12H2,1-2H3. The lowest BCUT2D eigenvalue weighted by Crippen LogP contribution is -2.44. The third-order valence-corrected chi connectivity index (χ3v) is 4.67. The van der Waals surface area contributed by atoms with Crippen molar-refractivity contribution in [3.05, 3.63) is 42.2 Å². The number of likely N-dealkylation sites (N-methyl/N-ethyl adjacent to an activating group) is 1. The first kappa shape index (κ1) is 16.7. The van der Waals surface area contributed by atoms with Crippen LogP contribution >= 0.6 is 0 Å². The normalized spacial score (nSPS) is 15.5. The molecule has 0 bridgehead atoms. The number of aromatic nitrogens is 5. The Labute approximate surface area is 152 Å². The molecule has 1 aliphatic heterocycles. The van der Waals surface area contributed by atoms with E-state index in [-0.39, 0.29) is 0 Å². The van der Waals surface area contributed by atoms with E-state index in [1.165, 1.54) is 0 Å². The van der Waals surface area contributed by atoms with Crippen LogP contribution in [-0.2, 0) is 19.9 Å². The van der Waals surface area contributed by atoms with E-state index in [0.717, 1.165) is 49.7 Å². The van der Waals surface area contributed by atoms with Crippen LogP contribution in [0.15, 0.2) is 35.1 Å². The fourth-order valence-corrected chi connectivity index (χ4v) is 3.09. The van der Waals surface area contributed by atoms with Crippen LogP contribution in [0.25, 0.3) is 11.5 Å². The van der Waals surface area contributed by atoms with Gasteiger partial charge in [-0.15, -0.1) is 0 Å². The van der Waals surface area contributed by atoms with Crippen molar-refractivity contribution in [2.45, 2.75) is 12.8 Å². The Morgan fingerprint density at radius 1 is 1.08 bits per heavy atom. The van der Waals surface area contributed by atoms with Crippen molar-refractivity contribution >= 4 is 5.69 Å². The van der Waals surface area contributed by atoms with Gasteiger partial charge in [-0.25, -0.2) is 0 Å². The van der Waals surface area contributed by atoms with Crippen LogP contribution in [0.2, 0.25) is 0 Å². The van der Waals surface area contributed by atoms with Gasteiger partial charge in [0.1, 0.15) is 5.69 Å². The van der Waals surface area contributed by atoms with Crippen LogP contribution in [0.5, 0.6) is 0 Å². The molecule has 3 aromatic rings. The molecule has 0 N–H and O–H groups in total. The van der Waals surface area contributed by atoms with E-state index < -0.39 is 0 Å². The maximum atomic E-state index is 5.39. The molecule has 0 spiro atoms. The summed E-state index contributed by atoms with van der Waals surface area (Å²) < 4.78 is 7.19. The van der Waals surface area contributed by atoms with Gasteiger partial charge in [-0.3, -0.25) is 9.67 Å². The molecule has 1 saturated heterocycles. The number of rotatable bonds is 5. The molecule has 0 radical (unpaired) electrons. The second kappa shape index (κ2) is 7.25. The van der Waals surface area contributed by atoms with Gasteiger partial charge < -0.3 is 14.3 Å². The predicted octanol–water partition coefficient (Wildman–Crippen LogP) is 1.40. The molecule has 0 aromatic carbocycles. The molecule has 0 amide bonds. The SMILES string of the molecule is CN1CCN(c2ccnc(-c3noc(CCc4ccn(C)n4)n3)c2)CC1. The lowest BCUT2D eigenvalue weighted by Gasteiger charge is -2.34. The number of piperazine rings is 1. The van der Waals surface area contributed by atoms with Crippen LogP contribution in [0.3, 0.4) is 0 Å². The highest BCUT2D eigenvalue weighted by Crippen LogP contribution is 2.21. The van der Waals surface area contributed by atoms with Crippen molar-refractivity contribution in [1.29, 1.82) is 0 Å². The molecule has 0 saturated carbocycles. The Morgan fingerprint density at radius 3 is 2.69 bits per heavy atom. The molecule has 4 rings (SSSR count). The van der Waals surface area contributed by atoms with E-state index in [9.17, 15) is 0 Å². The van der Waals surface area contributed by atoms with Crippen LogP contribution in [-0.4, -0.2) is 63.0 Å². The number of pyridine rings is 1. The summed E-state index contributed by atoms with van der Waals surface area (Å²) in [6.45, 7) is 4.16. The maximum absolute atomic E-state index is 5.39. The minimum Gasteiger partial charge on any atom is -0.369 e. The average molecular weight is 353 g/mol. The first-order valence-corrected chi connectivity index (χ1v) is 8.88. The smallest absolute Gasteiger partial charge is 0.227 e. The Morgan fingerprint density at radius 2 is 1.92 bits per heavy atom. The number of nitrogens with zero attached hydrogens (tertiary/aromatic N) is 7. The monoisotopic (exact) mass is 353 g/mol. The fraction of sp³-hybridized carbons (Fsp3) is 0.444. The predicted molar refractivity (Wildman–Crippen MR) is 97.9 cm³/mol. The first-order valence-electron chi connectivity index (χ1n) is 8.88. The quantitative estimate of drug-likeness (QED) is 0.686. The molecule has 136 valence electrons. The molecule has 1 aliphatic rings. The summed E-state index contributed by atoms with van der Waals surface area (Å²) in [5.74, 6) is 1.15. The molecule has 8 heteroatoms. The van der Waals surface area contributed by atoms with E-state index in [2.05, 4.69) is 37.1 Å². The highest BCUT2D eigenvalue weighted by molar-refractivity contribution is 5.58. The molecule has 0 unspecified atom stereocenters. The zero-order chi connectivity index (χ0) is 17.9. The third-order valence-electron chi connectivity index (χ3n) is 4.67. The molecule has 3 aromatic heterocycles. The number of hydrogen-bond donors (Lipinski definition) is 0. The molecular formula is C18H23N7O. The fourth-order valence-electron chi connectivity index (χ4n) is 3.09. The van der Waals surface area contributed by atoms with Crippen LogP contribution < -0.4 is 4.90 Å². The Balaban J connectivity index is 1.44. The van der Waals surface area contributed by atoms with Crippen molar-refractivity contribution in [2.24, 2.45) is 7.05 Å². The van der Waals surface area contributed by atoms with Crippen molar-refractivity contribution in [3.63, 3.8) is 0 Å². The van der Waals surface area contributed by atoms with E-state index in [4.69, 9.17) is 4.52 Å². The van der Waals surface area contributed by atoms with Gasteiger partial charge in [0, 0.05) is 64.1 Å². The lowest BCUT2D eigenvalue weighted by molar-refractivity contribution is 0.313. The van der Waals surface area contributed by atoms with Gasteiger partial charge in [-0.2, -0.15) is 10.1 Å². The minimum absolute atomic E-state index is 0.539. The van der Waals surface area contributed by atoms with Crippen molar-refractivity contribution in [1.82, 2.24) is 29.8 Å². The average Bonchev–Trinajstić information content (AvgIpc) is 3.30. The number of anilines is 1. The second-order valence-electron chi connectivity index (χ2n) is 6.68. The third kappa shape index (κ3) is 3.75. The zero-order valence-corrected chi connectivity index (χ0v) is 15.2. The summed E-state index contributed by atoms with van der Waals surface area (Å²) in [5, 5.41) is 8.47. The summed E-state index contributed by atoms with van der Waals surface area (Å²) >= 11 is 0. The molecule has 0 atom stereocenters. The van der Waals surface area contributed by atoms with Gasteiger partial charge in [0.15, 0.2) is 0 Å². The van der Waals surface area contributed by atoms with Gasteiger partial charge in [-0.05, 0) is 25.2 Å². The molecule has 0 aliphatic carbocycles. The lowest BCUT2D eigenvalue weighted by atomic mass is 10.2. The van der Waals surface area contributed by atoms with Crippen molar-refractivity contribution in [2.75, 3.05) is 38.1 Å². The summed E-state index contributed by atoms with van der Waals surface area (Å²) in [7, 11) is 4.06. The van der Waals surface area contributed by atoms with Gasteiger partial charge in [0.25, 0.3) is 0 Å². The summed E-state index contributed by atoms with van der Waals surface area (Å²) in [6.07, 6.45) is 5.19. The van der Waals surface area contributed by atoms with Crippen molar-refractivity contribution < 1.29 is 4.52 Å². The largest absolute Gasteiger partial charge is 0.369 e. The summed E-state index contributed by atoms with van der Waals surface area (Å²) in [6, 6.07) is 6.08. The van der Waals surface area contributed by atoms with Gasteiger partial charge in [-0.1, -0.05) is 5.16 Å². The van der Waals surface area contributed by atoms with Crippen LogP contribution in [0.4, 0.5) is 5.69 Å². The Hall–Kier alpha value is -2.74. The van der Waals surface area contributed by atoms with Gasteiger partial charge in [0.05, 0.1) is 5.69 Å². The minimum atomic E-state index is 0.539. The molecule has 4 heterocycles. The number of hydrogen-bond acceptors (Lipinski definition) is 7. The topological polar surface area (TPSA) is 76.1 Å².